The van der Waals surface area contributed by atoms with Crippen molar-refractivity contribution in [2.24, 2.45) is 11.3 Å². The predicted molar refractivity (Wildman–Crippen MR) is 68.0 cm³/mol. The summed E-state index contributed by atoms with van der Waals surface area (Å²) < 4.78 is 5.33. The molecule has 5 heteroatoms. The van der Waals surface area contributed by atoms with E-state index in [4.69, 9.17) is 9.78 Å². The fourth-order valence-corrected chi connectivity index (χ4v) is 3.23. The Morgan fingerprint density at radius 3 is 2.78 bits per heavy atom. The molecule has 2 aromatic rings. The summed E-state index contributed by atoms with van der Waals surface area (Å²) in [6, 6.07) is 2.31. The second-order valence-corrected chi connectivity index (χ2v) is 6.07. The molecule has 3 rings (SSSR count). The van der Waals surface area contributed by atoms with E-state index in [2.05, 4.69) is 35.4 Å². The van der Waals surface area contributed by atoms with E-state index in [0.29, 0.717) is 11.7 Å². The molecule has 0 saturated heterocycles. The van der Waals surface area contributed by atoms with E-state index in [0.717, 1.165) is 11.1 Å². The number of thiophene rings is 1. The van der Waals surface area contributed by atoms with Crippen LogP contribution in [0.2, 0.25) is 0 Å². The van der Waals surface area contributed by atoms with Gasteiger partial charge in [0.1, 0.15) is 0 Å². The van der Waals surface area contributed by atoms with Crippen LogP contribution in [0.4, 0.5) is 0 Å². The second kappa shape index (κ2) is 3.66. The smallest absolute Gasteiger partial charge is 0.232 e. The zero-order valence-electron chi connectivity index (χ0n) is 10.5. The van der Waals surface area contributed by atoms with Gasteiger partial charge in [-0.3, -0.25) is 0 Å². The summed E-state index contributed by atoms with van der Waals surface area (Å²) in [6.07, 6.45) is 0. The van der Waals surface area contributed by atoms with Gasteiger partial charge in [0.2, 0.25) is 11.7 Å². The number of nitriles is 1. The number of nitrogens with zero attached hydrogens (tertiary/aromatic N) is 3. The van der Waals surface area contributed by atoms with Crippen molar-refractivity contribution < 1.29 is 4.52 Å². The predicted octanol–water partition coefficient (Wildman–Crippen LogP) is 3.37. The SMILES string of the molecule is Cc1cscc1-c1noc(C2C(C#N)C2(C)C)n1. The van der Waals surface area contributed by atoms with E-state index < -0.39 is 0 Å². The molecule has 1 saturated carbocycles. The minimum absolute atomic E-state index is 0.0191. The maximum absolute atomic E-state index is 9.07. The lowest BCUT2D eigenvalue weighted by Crippen LogP contribution is -1.90. The zero-order valence-corrected chi connectivity index (χ0v) is 11.3. The van der Waals surface area contributed by atoms with Crippen molar-refractivity contribution in [3.05, 3.63) is 22.2 Å². The summed E-state index contributed by atoms with van der Waals surface area (Å²) in [4.78, 5) is 4.45. The summed E-state index contributed by atoms with van der Waals surface area (Å²) in [5, 5.41) is 17.2. The van der Waals surface area contributed by atoms with E-state index in [1.807, 2.05) is 12.3 Å². The molecule has 2 unspecified atom stereocenters. The molecule has 92 valence electrons. The molecule has 0 N–H and O–H groups in total. The van der Waals surface area contributed by atoms with Crippen molar-refractivity contribution in [2.75, 3.05) is 0 Å². The lowest BCUT2D eigenvalue weighted by atomic mass is 10.1. The second-order valence-electron chi connectivity index (χ2n) is 5.33. The molecule has 0 radical (unpaired) electrons. The minimum atomic E-state index is -0.0533. The van der Waals surface area contributed by atoms with Gasteiger partial charge in [-0.05, 0) is 23.3 Å². The average molecular weight is 259 g/mol. The van der Waals surface area contributed by atoms with Gasteiger partial charge in [0, 0.05) is 10.9 Å². The molecule has 18 heavy (non-hydrogen) atoms. The summed E-state index contributed by atoms with van der Waals surface area (Å²) >= 11 is 1.63. The molecule has 0 bridgehead atoms. The van der Waals surface area contributed by atoms with Gasteiger partial charge in [-0.1, -0.05) is 19.0 Å². The number of rotatable bonds is 2. The highest BCUT2D eigenvalue weighted by Crippen LogP contribution is 2.63. The van der Waals surface area contributed by atoms with Gasteiger partial charge in [0.25, 0.3) is 0 Å². The van der Waals surface area contributed by atoms with Crippen molar-refractivity contribution in [3.63, 3.8) is 0 Å². The van der Waals surface area contributed by atoms with Gasteiger partial charge < -0.3 is 4.52 Å². The molecule has 0 amide bonds. The molecule has 1 aliphatic carbocycles. The summed E-state index contributed by atoms with van der Waals surface area (Å²) in [6.45, 7) is 6.15. The zero-order chi connectivity index (χ0) is 12.9. The van der Waals surface area contributed by atoms with Crippen LogP contribution in [-0.4, -0.2) is 10.1 Å². The topological polar surface area (TPSA) is 62.7 Å². The van der Waals surface area contributed by atoms with Gasteiger partial charge in [0.15, 0.2) is 0 Å². The van der Waals surface area contributed by atoms with E-state index in [9.17, 15) is 0 Å². The lowest BCUT2D eigenvalue weighted by Gasteiger charge is -1.95. The Kier molecular flexibility index (Phi) is 2.32. The van der Waals surface area contributed by atoms with Gasteiger partial charge in [0.05, 0.1) is 17.9 Å². The van der Waals surface area contributed by atoms with Crippen molar-refractivity contribution in [1.29, 1.82) is 5.26 Å². The first-order valence-electron chi connectivity index (χ1n) is 5.82. The molecule has 1 aliphatic rings. The van der Waals surface area contributed by atoms with Crippen LogP contribution in [-0.2, 0) is 0 Å². The van der Waals surface area contributed by atoms with E-state index in [-0.39, 0.29) is 17.3 Å². The van der Waals surface area contributed by atoms with E-state index in [1.54, 1.807) is 11.3 Å². The van der Waals surface area contributed by atoms with E-state index >= 15 is 0 Å². The molecule has 2 atom stereocenters. The Hall–Kier alpha value is -1.67. The van der Waals surface area contributed by atoms with Crippen molar-refractivity contribution >= 4 is 11.3 Å². The van der Waals surface area contributed by atoms with E-state index in [1.165, 1.54) is 0 Å². The minimum Gasteiger partial charge on any atom is -0.339 e. The molecule has 2 aromatic heterocycles. The van der Waals surface area contributed by atoms with Crippen LogP contribution < -0.4 is 0 Å². The fraction of sp³-hybridized carbons (Fsp3) is 0.462. The Morgan fingerprint density at radius 1 is 1.44 bits per heavy atom. The Labute approximate surface area is 109 Å². The number of hydrogen-bond acceptors (Lipinski definition) is 5. The van der Waals surface area contributed by atoms with Crippen LogP contribution in [0.15, 0.2) is 15.3 Å². The third-order valence-electron chi connectivity index (χ3n) is 3.77. The highest BCUT2D eigenvalue weighted by Gasteiger charge is 2.62. The summed E-state index contributed by atoms with van der Waals surface area (Å²) in [5.74, 6) is 1.27. The largest absolute Gasteiger partial charge is 0.339 e. The van der Waals surface area contributed by atoms with Gasteiger partial charge in [-0.25, -0.2) is 0 Å². The average Bonchev–Trinajstić information content (AvgIpc) is 2.76. The first kappa shape index (κ1) is 11.4. The standard InChI is InChI=1S/C13H13N3OS/c1-7-5-18-6-8(7)11-15-12(17-16-11)10-9(4-14)13(10,2)3/h5-6,9-10H,1-3H3. The number of aromatic nitrogens is 2. The van der Waals surface area contributed by atoms with Crippen LogP contribution in [0.25, 0.3) is 11.4 Å². The van der Waals surface area contributed by atoms with Crippen molar-refractivity contribution in [2.45, 2.75) is 26.7 Å². The highest BCUT2D eigenvalue weighted by molar-refractivity contribution is 7.08. The van der Waals surface area contributed by atoms with Gasteiger partial charge in [-0.15, -0.1) is 0 Å². The first-order valence-corrected chi connectivity index (χ1v) is 6.76. The van der Waals surface area contributed by atoms with Crippen LogP contribution in [0.5, 0.6) is 0 Å². The molecule has 4 nitrogen and oxygen atoms in total. The van der Waals surface area contributed by atoms with Crippen molar-refractivity contribution in [1.82, 2.24) is 10.1 Å². The molecule has 2 heterocycles. The Morgan fingerprint density at radius 2 is 2.22 bits per heavy atom. The van der Waals surface area contributed by atoms with Crippen LogP contribution in [0, 0.1) is 29.6 Å². The summed E-state index contributed by atoms with van der Waals surface area (Å²) in [7, 11) is 0. The Bertz CT molecular complexity index is 635. The number of aryl methyl sites for hydroxylation is 1. The lowest BCUT2D eigenvalue weighted by molar-refractivity contribution is 0.368. The third-order valence-corrected chi connectivity index (χ3v) is 4.63. The molecule has 0 aromatic carbocycles. The monoisotopic (exact) mass is 259 g/mol. The van der Waals surface area contributed by atoms with Crippen LogP contribution in [0.3, 0.4) is 0 Å². The van der Waals surface area contributed by atoms with Crippen LogP contribution in [0.1, 0.15) is 31.2 Å². The Balaban J connectivity index is 1.93. The normalized spacial score (nSPS) is 24.8. The van der Waals surface area contributed by atoms with Gasteiger partial charge in [-0.2, -0.15) is 21.6 Å². The third kappa shape index (κ3) is 1.49. The molecule has 1 fully saturated rings. The summed E-state index contributed by atoms with van der Waals surface area (Å²) in [5.41, 5.74) is 2.11. The van der Waals surface area contributed by atoms with Crippen molar-refractivity contribution in [3.8, 4) is 17.5 Å². The molecular weight excluding hydrogens is 246 g/mol. The maximum Gasteiger partial charge on any atom is 0.232 e. The molecule has 0 spiro atoms. The quantitative estimate of drug-likeness (QED) is 0.829. The molecular formula is C13H13N3OS. The van der Waals surface area contributed by atoms with Crippen LogP contribution >= 0.6 is 11.3 Å². The highest BCUT2D eigenvalue weighted by atomic mass is 32.1. The number of hydrogen-bond donors (Lipinski definition) is 0. The van der Waals surface area contributed by atoms with Gasteiger partial charge >= 0.3 is 0 Å². The first-order chi connectivity index (χ1) is 8.55. The fourth-order valence-electron chi connectivity index (χ4n) is 2.40. The maximum atomic E-state index is 9.07. The molecule has 0 aliphatic heterocycles.